The second-order valence-electron chi connectivity index (χ2n) is 8.40. The fraction of sp³-hybridized carbons (Fsp3) is 1.00. The average molecular weight is 295 g/mol. The van der Waals surface area contributed by atoms with Gasteiger partial charge < -0.3 is 9.80 Å². The lowest BCUT2D eigenvalue weighted by atomic mass is 9.79. The second kappa shape index (κ2) is 7.97. The Bertz CT molecular complexity index is 284. The van der Waals surface area contributed by atoms with Gasteiger partial charge in [0.1, 0.15) is 0 Å². The predicted molar refractivity (Wildman–Crippen MR) is 92.6 cm³/mol. The molecule has 21 heavy (non-hydrogen) atoms. The number of hydrogen-bond donors (Lipinski definition) is 0. The van der Waals surface area contributed by atoms with Gasteiger partial charge in [-0.3, -0.25) is 0 Å². The van der Waals surface area contributed by atoms with E-state index in [0.29, 0.717) is 0 Å². The molecule has 2 heteroatoms. The van der Waals surface area contributed by atoms with Gasteiger partial charge in [0, 0.05) is 18.6 Å². The lowest BCUT2D eigenvalue weighted by Crippen LogP contribution is -2.48. The highest BCUT2D eigenvalue weighted by atomic mass is 15.2. The second-order valence-corrected chi connectivity index (χ2v) is 8.40. The molecule has 0 aromatic heterocycles. The Labute approximate surface area is 133 Å². The van der Waals surface area contributed by atoms with Crippen LogP contribution in [0.1, 0.15) is 66.2 Å². The number of rotatable bonds is 5. The number of likely N-dealkylation sites (tertiary alicyclic amines) is 1. The quantitative estimate of drug-likeness (QED) is 0.748. The molecular formula is C19H38N2. The molecular weight excluding hydrogens is 256 g/mol. The summed E-state index contributed by atoms with van der Waals surface area (Å²) < 4.78 is 0. The van der Waals surface area contributed by atoms with Crippen LogP contribution >= 0.6 is 0 Å². The summed E-state index contributed by atoms with van der Waals surface area (Å²) in [5.74, 6) is 2.68. The van der Waals surface area contributed by atoms with E-state index in [2.05, 4.69) is 44.5 Å². The molecule has 1 aliphatic carbocycles. The summed E-state index contributed by atoms with van der Waals surface area (Å²) >= 11 is 0. The summed E-state index contributed by atoms with van der Waals surface area (Å²) in [5.41, 5.74) is 0. The fourth-order valence-corrected chi connectivity index (χ4v) is 4.50. The van der Waals surface area contributed by atoms with Crippen molar-refractivity contribution in [2.45, 2.75) is 78.3 Å². The minimum Gasteiger partial charge on any atom is -0.303 e. The third-order valence-corrected chi connectivity index (χ3v) is 6.02. The molecule has 1 aliphatic heterocycles. The molecule has 0 atom stereocenters. The first-order chi connectivity index (χ1) is 9.97. The molecule has 0 unspecified atom stereocenters. The molecule has 1 saturated heterocycles. The van der Waals surface area contributed by atoms with Gasteiger partial charge in [-0.25, -0.2) is 0 Å². The van der Waals surface area contributed by atoms with Crippen LogP contribution in [-0.2, 0) is 0 Å². The fourth-order valence-electron chi connectivity index (χ4n) is 4.50. The van der Waals surface area contributed by atoms with Gasteiger partial charge in [-0.2, -0.15) is 0 Å². The summed E-state index contributed by atoms with van der Waals surface area (Å²) in [6.45, 7) is 13.4. The third kappa shape index (κ3) is 4.96. The van der Waals surface area contributed by atoms with Crippen LogP contribution < -0.4 is 0 Å². The van der Waals surface area contributed by atoms with Gasteiger partial charge in [-0.15, -0.1) is 0 Å². The van der Waals surface area contributed by atoms with Crippen LogP contribution in [0.2, 0.25) is 0 Å². The SMILES string of the molecule is CC(C)CN1CCC(N(C)C2CCC(C(C)C)CC2)CC1. The summed E-state index contributed by atoms with van der Waals surface area (Å²) in [6.07, 6.45) is 8.55. The van der Waals surface area contributed by atoms with Crippen molar-refractivity contribution in [3.8, 4) is 0 Å². The minimum absolute atomic E-state index is 0.811. The molecule has 0 aromatic carbocycles. The maximum atomic E-state index is 2.75. The lowest BCUT2D eigenvalue weighted by Gasteiger charge is -2.43. The van der Waals surface area contributed by atoms with Crippen molar-refractivity contribution in [2.75, 3.05) is 26.7 Å². The van der Waals surface area contributed by atoms with Crippen LogP contribution in [0.3, 0.4) is 0 Å². The normalized spacial score (nSPS) is 29.7. The molecule has 124 valence electrons. The van der Waals surface area contributed by atoms with Crippen molar-refractivity contribution < 1.29 is 0 Å². The number of nitrogens with zero attached hydrogens (tertiary/aromatic N) is 2. The molecule has 0 amide bonds. The Morgan fingerprint density at radius 2 is 1.38 bits per heavy atom. The van der Waals surface area contributed by atoms with Gasteiger partial charge in [0.2, 0.25) is 0 Å². The van der Waals surface area contributed by atoms with E-state index in [4.69, 9.17) is 0 Å². The number of piperidine rings is 1. The van der Waals surface area contributed by atoms with E-state index in [1.165, 1.54) is 58.2 Å². The van der Waals surface area contributed by atoms with Gasteiger partial charge >= 0.3 is 0 Å². The van der Waals surface area contributed by atoms with Crippen molar-refractivity contribution in [3.05, 3.63) is 0 Å². The van der Waals surface area contributed by atoms with Gasteiger partial charge in [0.25, 0.3) is 0 Å². The van der Waals surface area contributed by atoms with Crippen LogP contribution in [0.5, 0.6) is 0 Å². The van der Waals surface area contributed by atoms with E-state index in [0.717, 1.165) is 29.8 Å². The standard InChI is InChI=1S/C19H38N2/c1-15(2)14-21-12-10-19(11-13-21)20(5)18-8-6-17(7-9-18)16(3)4/h15-19H,6-14H2,1-5H3. The van der Waals surface area contributed by atoms with Crippen LogP contribution in [0.4, 0.5) is 0 Å². The molecule has 0 aromatic rings. The molecule has 0 N–H and O–H groups in total. The van der Waals surface area contributed by atoms with Crippen molar-refractivity contribution in [3.63, 3.8) is 0 Å². The van der Waals surface area contributed by atoms with E-state index < -0.39 is 0 Å². The van der Waals surface area contributed by atoms with E-state index in [1.54, 1.807) is 0 Å². The predicted octanol–water partition coefficient (Wildman–Crippen LogP) is 4.25. The molecule has 2 fully saturated rings. The molecule has 0 radical (unpaired) electrons. The highest BCUT2D eigenvalue weighted by molar-refractivity contribution is 4.86. The van der Waals surface area contributed by atoms with Crippen molar-refractivity contribution >= 4 is 0 Å². The van der Waals surface area contributed by atoms with Crippen LogP contribution in [-0.4, -0.2) is 48.6 Å². The Morgan fingerprint density at radius 3 is 1.86 bits per heavy atom. The van der Waals surface area contributed by atoms with E-state index in [1.807, 2.05) is 0 Å². The smallest absolute Gasteiger partial charge is 0.0119 e. The lowest BCUT2D eigenvalue weighted by molar-refractivity contribution is 0.0640. The topological polar surface area (TPSA) is 6.48 Å². The summed E-state index contributed by atoms with van der Waals surface area (Å²) in [7, 11) is 2.41. The average Bonchev–Trinajstić information content (AvgIpc) is 2.47. The molecule has 1 heterocycles. The molecule has 2 nitrogen and oxygen atoms in total. The minimum atomic E-state index is 0.811. The molecule has 2 aliphatic rings. The monoisotopic (exact) mass is 294 g/mol. The summed E-state index contributed by atoms with van der Waals surface area (Å²) in [4.78, 5) is 5.42. The van der Waals surface area contributed by atoms with Crippen LogP contribution in [0, 0.1) is 17.8 Å². The third-order valence-electron chi connectivity index (χ3n) is 6.02. The summed E-state index contributed by atoms with van der Waals surface area (Å²) in [6, 6.07) is 1.70. The van der Waals surface area contributed by atoms with Gasteiger partial charge in [-0.1, -0.05) is 27.7 Å². The first-order valence-corrected chi connectivity index (χ1v) is 9.41. The Hall–Kier alpha value is -0.0800. The zero-order valence-corrected chi connectivity index (χ0v) is 15.1. The molecule has 1 saturated carbocycles. The molecule has 0 spiro atoms. The van der Waals surface area contributed by atoms with Crippen LogP contribution in [0.15, 0.2) is 0 Å². The maximum Gasteiger partial charge on any atom is 0.0119 e. The van der Waals surface area contributed by atoms with E-state index >= 15 is 0 Å². The van der Waals surface area contributed by atoms with Crippen molar-refractivity contribution in [2.24, 2.45) is 17.8 Å². The number of hydrogen-bond acceptors (Lipinski definition) is 2. The Morgan fingerprint density at radius 1 is 0.857 bits per heavy atom. The Kier molecular flexibility index (Phi) is 6.55. The van der Waals surface area contributed by atoms with E-state index in [-0.39, 0.29) is 0 Å². The van der Waals surface area contributed by atoms with Crippen molar-refractivity contribution in [1.29, 1.82) is 0 Å². The highest BCUT2D eigenvalue weighted by Gasteiger charge is 2.30. The highest BCUT2D eigenvalue weighted by Crippen LogP contribution is 2.33. The summed E-state index contributed by atoms with van der Waals surface area (Å²) in [5, 5.41) is 0. The van der Waals surface area contributed by atoms with E-state index in [9.17, 15) is 0 Å². The molecule has 2 rings (SSSR count). The van der Waals surface area contributed by atoms with Crippen molar-refractivity contribution in [1.82, 2.24) is 9.80 Å². The zero-order chi connectivity index (χ0) is 15.4. The Balaban J connectivity index is 1.74. The van der Waals surface area contributed by atoms with Gasteiger partial charge in [-0.05, 0) is 76.4 Å². The largest absolute Gasteiger partial charge is 0.303 e. The zero-order valence-electron chi connectivity index (χ0n) is 15.1. The van der Waals surface area contributed by atoms with Gasteiger partial charge in [0.15, 0.2) is 0 Å². The van der Waals surface area contributed by atoms with Gasteiger partial charge in [0.05, 0.1) is 0 Å². The molecule has 0 bridgehead atoms. The first kappa shape index (κ1) is 17.3. The first-order valence-electron chi connectivity index (χ1n) is 9.41. The van der Waals surface area contributed by atoms with Crippen LogP contribution in [0.25, 0.3) is 0 Å². The maximum absolute atomic E-state index is 2.75.